The Balaban J connectivity index is 2.31. The zero-order valence-electron chi connectivity index (χ0n) is 58.4. The fourth-order valence-electron chi connectivity index (χ4n) is 12.3. The number of fused-ring (bicyclic) bond motifs is 4. The standard InChI is InChI=1S/C65H115N11O13/c1-25-29-30-39(13)53-52-57(79)68-45(26-2)61(82)70(19)43(17)60(81)76(27-3)50(40(14)34-87-28-4)54-58(89-54)69-49(38(11)12)64(85)71(20)46(31-35(5)6)56(78)66-41(15)55(77)67-42(16)59(80)72(21)47(32-36(7)8)62(83)73(22)48(33-37(9)10)63(84)74(23)51(44(18)88-53)65(86)75(52)24/h25,29,35-54,58,69H,26-28,30-34H2,1-24H3,(H,66,78)(H,67,77)(H,68,79). The summed E-state index contributed by atoms with van der Waals surface area (Å²) in [6, 6.07) is -12.0. The van der Waals surface area contributed by atoms with E-state index in [1.807, 2.05) is 102 Å². The third-order valence-electron chi connectivity index (χ3n) is 18.0. The van der Waals surface area contributed by atoms with E-state index in [1.165, 1.54) is 78.5 Å². The van der Waals surface area contributed by atoms with E-state index in [2.05, 4.69) is 21.3 Å². The average molecular weight is 1260 g/mol. The van der Waals surface area contributed by atoms with Gasteiger partial charge in [0.15, 0.2) is 0 Å². The van der Waals surface area contributed by atoms with Gasteiger partial charge in [-0.2, -0.15) is 0 Å². The third kappa shape index (κ3) is 19.6. The van der Waals surface area contributed by atoms with Crippen LogP contribution >= 0.6 is 0 Å². The van der Waals surface area contributed by atoms with E-state index >= 15 is 24.0 Å². The van der Waals surface area contributed by atoms with Crippen molar-refractivity contribution in [1.29, 1.82) is 0 Å². The lowest BCUT2D eigenvalue weighted by Gasteiger charge is -2.39. The van der Waals surface area contributed by atoms with Crippen LogP contribution in [0.5, 0.6) is 0 Å². The van der Waals surface area contributed by atoms with E-state index in [9.17, 15) is 24.0 Å². The van der Waals surface area contributed by atoms with Crippen LogP contribution in [0, 0.1) is 35.5 Å². The van der Waals surface area contributed by atoms with E-state index in [4.69, 9.17) is 14.2 Å². The van der Waals surface area contributed by atoms with Crippen molar-refractivity contribution in [2.24, 2.45) is 35.5 Å². The summed E-state index contributed by atoms with van der Waals surface area (Å²) in [5.74, 6) is -7.07. The van der Waals surface area contributed by atoms with Gasteiger partial charge in [0.1, 0.15) is 66.7 Å². The molecule has 10 amide bonds. The van der Waals surface area contributed by atoms with Gasteiger partial charge >= 0.3 is 0 Å². The van der Waals surface area contributed by atoms with Gasteiger partial charge in [-0.1, -0.05) is 88.3 Å². The fourth-order valence-corrected chi connectivity index (χ4v) is 12.3. The van der Waals surface area contributed by atoms with Crippen LogP contribution in [0.4, 0.5) is 0 Å². The summed E-state index contributed by atoms with van der Waals surface area (Å²) in [5.41, 5.74) is 0. The SMILES string of the molecule is CC=CCC(C)C1OC(C)C2C(=O)N(C)C1C(=O)NC(CC)C(=O)N(C)C(C)C(=O)N(CC)C(C(C)COCC)C1OC1NC(C(C)C)C(=O)N(C)C(CC(C)C)C(=O)NC(C)C(=O)NC(C)C(=O)N(C)C(CC(C)C)C(=O)N(C)C(CC(C)C)C(=O)N2C. The Morgan fingerprint density at radius 3 is 1.54 bits per heavy atom. The van der Waals surface area contributed by atoms with E-state index < -0.39 is 150 Å². The first-order valence-corrected chi connectivity index (χ1v) is 32.5. The molecule has 3 aliphatic rings. The first-order valence-electron chi connectivity index (χ1n) is 32.5. The average Bonchev–Trinajstić information content (AvgIpc) is 1.72. The van der Waals surface area contributed by atoms with Crippen LogP contribution in [0.25, 0.3) is 0 Å². The first-order chi connectivity index (χ1) is 41.5. The van der Waals surface area contributed by atoms with Crippen LogP contribution in [0.1, 0.15) is 157 Å². The monoisotopic (exact) mass is 1260 g/mol. The van der Waals surface area contributed by atoms with Gasteiger partial charge in [-0.05, 0) is 110 Å². The molecule has 508 valence electrons. The van der Waals surface area contributed by atoms with Crippen LogP contribution in [-0.2, 0) is 62.2 Å². The molecule has 0 radical (unpaired) electrons. The topological polar surface area (TPSA) is 272 Å². The maximum Gasteiger partial charge on any atom is 0.248 e. The second-order valence-electron chi connectivity index (χ2n) is 26.9. The predicted octanol–water partition coefficient (Wildman–Crippen LogP) is 3.64. The molecule has 0 saturated carbocycles. The van der Waals surface area contributed by atoms with Gasteiger partial charge in [0.05, 0.1) is 30.9 Å². The quantitative estimate of drug-likeness (QED) is 0.127. The molecule has 3 aliphatic heterocycles. The Hall–Kier alpha value is -5.72. The Labute approximate surface area is 532 Å². The number of carbonyl (C=O) groups is 10. The lowest BCUT2D eigenvalue weighted by molar-refractivity contribution is -0.155. The smallest absolute Gasteiger partial charge is 0.248 e. The highest BCUT2D eigenvalue weighted by Gasteiger charge is 2.54. The molecule has 0 aromatic carbocycles. The Kier molecular flexibility index (Phi) is 30.2. The fraction of sp³-hybridized carbons (Fsp3) is 0.815. The van der Waals surface area contributed by atoms with Crippen molar-refractivity contribution in [1.82, 2.24) is 55.6 Å². The molecule has 0 aromatic rings. The molecule has 0 aliphatic carbocycles. The summed E-state index contributed by atoms with van der Waals surface area (Å²) < 4.78 is 19.1. The molecule has 3 saturated heterocycles. The molecular formula is C65H115N11O13. The minimum absolute atomic E-state index is 0.0709. The molecule has 24 heteroatoms. The van der Waals surface area contributed by atoms with Gasteiger partial charge in [0.2, 0.25) is 59.1 Å². The number of nitrogens with one attached hydrogen (secondary N) is 4. The van der Waals surface area contributed by atoms with E-state index in [0.29, 0.717) is 13.0 Å². The molecule has 17 unspecified atom stereocenters. The molecule has 3 heterocycles. The second-order valence-corrected chi connectivity index (χ2v) is 26.9. The number of nitrogens with zero attached hydrogens (tertiary/aromatic N) is 7. The summed E-state index contributed by atoms with van der Waals surface area (Å²) in [7, 11) is 8.94. The Morgan fingerprint density at radius 1 is 0.528 bits per heavy atom. The third-order valence-corrected chi connectivity index (χ3v) is 18.0. The molecule has 3 rings (SSSR count). The summed E-state index contributed by atoms with van der Waals surface area (Å²) in [6.07, 6.45) is 1.63. The highest BCUT2D eigenvalue weighted by atomic mass is 16.6. The van der Waals surface area contributed by atoms with Crippen LogP contribution in [-0.4, -0.2) is 246 Å². The van der Waals surface area contributed by atoms with Crippen molar-refractivity contribution in [3.8, 4) is 0 Å². The van der Waals surface area contributed by atoms with Crippen molar-refractivity contribution in [3.63, 3.8) is 0 Å². The maximum absolute atomic E-state index is 15.2. The van der Waals surface area contributed by atoms with Crippen molar-refractivity contribution in [2.75, 3.05) is 62.0 Å². The number of amides is 10. The summed E-state index contributed by atoms with van der Waals surface area (Å²) in [4.78, 5) is 157. The number of rotatable bonds is 16. The largest absolute Gasteiger partial charge is 0.381 e. The number of allylic oxidation sites excluding steroid dienone is 2. The number of ether oxygens (including phenoxy) is 3. The minimum Gasteiger partial charge on any atom is -0.381 e. The van der Waals surface area contributed by atoms with Crippen LogP contribution in [0.2, 0.25) is 0 Å². The van der Waals surface area contributed by atoms with Crippen LogP contribution < -0.4 is 21.3 Å². The first kappa shape index (κ1) is 77.5. The second kappa shape index (κ2) is 34.6. The van der Waals surface area contributed by atoms with Gasteiger partial charge in [-0.25, -0.2) is 0 Å². The summed E-state index contributed by atoms with van der Waals surface area (Å²) >= 11 is 0. The minimum atomic E-state index is -1.31. The van der Waals surface area contributed by atoms with Crippen molar-refractivity contribution in [3.05, 3.63) is 12.2 Å². The zero-order valence-corrected chi connectivity index (χ0v) is 58.4. The molecule has 3 fully saturated rings. The zero-order chi connectivity index (χ0) is 68.0. The molecule has 24 nitrogen and oxygen atoms in total. The predicted molar refractivity (Wildman–Crippen MR) is 341 cm³/mol. The highest BCUT2D eigenvalue weighted by molar-refractivity contribution is 5.99. The lowest BCUT2D eigenvalue weighted by atomic mass is 9.92. The van der Waals surface area contributed by atoms with Gasteiger partial charge in [0, 0.05) is 61.4 Å². The molecular weight excluding hydrogens is 1140 g/mol. The number of epoxide rings is 1. The van der Waals surface area contributed by atoms with E-state index in [1.54, 1.807) is 32.7 Å². The molecule has 0 spiro atoms. The lowest BCUT2D eigenvalue weighted by Crippen LogP contribution is -2.62. The van der Waals surface area contributed by atoms with Gasteiger partial charge in [-0.15, -0.1) is 0 Å². The number of hydrogen-bond acceptors (Lipinski definition) is 14. The molecule has 4 N–H and O–H groups in total. The summed E-state index contributed by atoms with van der Waals surface area (Å²) in [5, 5.41) is 11.8. The van der Waals surface area contributed by atoms with E-state index in [-0.39, 0.29) is 74.3 Å². The molecule has 2 bridgehead atoms. The van der Waals surface area contributed by atoms with Gasteiger partial charge in [-0.3, -0.25) is 53.3 Å². The molecule has 0 aromatic heterocycles. The van der Waals surface area contributed by atoms with Crippen LogP contribution in [0.15, 0.2) is 12.2 Å². The van der Waals surface area contributed by atoms with Crippen LogP contribution in [0.3, 0.4) is 0 Å². The Morgan fingerprint density at radius 2 is 1.03 bits per heavy atom. The number of hydrogen-bond donors (Lipinski definition) is 4. The van der Waals surface area contributed by atoms with E-state index in [0.717, 1.165) is 0 Å². The molecule has 89 heavy (non-hydrogen) atoms. The Bertz CT molecular complexity index is 2460. The van der Waals surface area contributed by atoms with Crippen molar-refractivity contribution in [2.45, 2.75) is 248 Å². The maximum atomic E-state index is 15.2. The number of likely N-dealkylation sites (N-methyl/N-ethyl adjacent to an activating group) is 7. The molecule has 17 atom stereocenters. The van der Waals surface area contributed by atoms with Crippen molar-refractivity contribution >= 4 is 59.1 Å². The van der Waals surface area contributed by atoms with Gasteiger partial charge < -0.3 is 64.5 Å². The van der Waals surface area contributed by atoms with Gasteiger partial charge in [0.25, 0.3) is 0 Å². The normalized spacial score (nSPS) is 31.5. The highest BCUT2D eigenvalue weighted by Crippen LogP contribution is 2.34. The van der Waals surface area contributed by atoms with Crippen molar-refractivity contribution < 1.29 is 62.2 Å². The number of carbonyl (C=O) groups excluding carboxylic acids is 10. The summed E-state index contributed by atoms with van der Waals surface area (Å²) in [6.45, 7) is 33.4.